The van der Waals surface area contributed by atoms with Crippen LogP contribution in [-0.4, -0.2) is 45.9 Å². The Morgan fingerprint density at radius 2 is 1.61 bits per heavy atom. The summed E-state index contributed by atoms with van der Waals surface area (Å²) in [6, 6.07) is 13.0. The van der Waals surface area contributed by atoms with E-state index in [9.17, 15) is 13.2 Å². The van der Waals surface area contributed by atoms with Gasteiger partial charge >= 0.3 is 0 Å². The Bertz CT molecular complexity index is 997. The third kappa shape index (κ3) is 5.98. The number of nitrogens with one attached hydrogen (secondary N) is 1. The summed E-state index contributed by atoms with van der Waals surface area (Å²) in [6.07, 6.45) is 1.04. The first-order chi connectivity index (χ1) is 14.8. The molecule has 1 aliphatic rings. The minimum atomic E-state index is -3.39. The predicted octanol–water partition coefficient (Wildman–Crippen LogP) is 2.87. The van der Waals surface area contributed by atoms with E-state index in [4.69, 9.17) is 9.47 Å². The number of methoxy groups -OCH3 is 2. The van der Waals surface area contributed by atoms with Crippen LogP contribution in [-0.2, 0) is 27.1 Å². The van der Waals surface area contributed by atoms with Gasteiger partial charge in [-0.1, -0.05) is 35.9 Å². The number of amides is 1. The molecule has 1 heterocycles. The molecule has 1 aliphatic heterocycles. The monoisotopic (exact) mass is 446 g/mol. The van der Waals surface area contributed by atoms with Crippen molar-refractivity contribution in [2.24, 2.45) is 5.92 Å². The Morgan fingerprint density at radius 1 is 1.00 bits per heavy atom. The number of rotatable bonds is 8. The molecule has 0 bridgehead atoms. The van der Waals surface area contributed by atoms with Crippen molar-refractivity contribution in [3.8, 4) is 11.5 Å². The summed E-state index contributed by atoms with van der Waals surface area (Å²) in [5, 5.41) is 2.95. The van der Waals surface area contributed by atoms with E-state index in [1.165, 1.54) is 4.31 Å². The standard InChI is InChI=1S/C23H30N2O5S/c1-17-4-6-18(7-5-17)16-31(27,28)25-12-10-20(11-13-25)23(26)24-15-19-8-9-21(29-2)22(14-19)30-3/h4-9,14,20H,10-13,15-16H2,1-3H3,(H,24,26). The SMILES string of the molecule is COc1ccc(CNC(=O)C2CCN(S(=O)(=O)Cc3ccc(C)cc3)CC2)cc1OC. The smallest absolute Gasteiger partial charge is 0.223 e. The number of hydrogen-bond acceptors (Lipinski definition) is 5. The summed E-state index contributed by atoms with van der Waals surface area (Å²) >= 11 is 0. The second-order valence-electron chi connectivity index (χ2n) is 7.82. The van der Waals surface area contributed by atoms with Gasteiger partial charge in [-0.3, -0.25) is 4.79 Å². The molecule has 1 fully saturated rings. The molecule has 3 rings (SSSR count). The van der Waals surface area contributed by atoms with Gasteiger partial charge in [-0.15, -0.1) is 0 Å². The van der Waals surface area contributed by atoms with Gasteiger partial charge in [0.05, 0.1) is 20.0 Å². The molecule has 0 radical (unpaired) electrons. The maximum absolute atomic E-state index is 12.7. The highest BCUT2D eigenvalue weighted by Crippen LogP contribution is 2.27. The fraction of sp³-hybridized carbons (Fsp3) is 0.435. The minimum Gasteiger partial charge on any atom is -0.493 e. The zero-order valence-corrected chi connectivity index (χ0v) is 19.1. The fourth-order valence-corrected chi connectivity index (χ4v) is 5.27. The van der Waals surface area contributed by atoms with E-state index < -0.39 is 10.0 Å². The van der Waals surface area contributed by atoms with Crippen molar-refractivity contribution in [1.82, 2.24) is 9.62 Å². The van der Waals surface area contributed by atoms with Gasteiger partial charge in [0.15, 0.2) is 11.5 Å². The van der Waals surface area contributed by atoms with Crippen molar-refractivity contribution in [3.05, 3.63) is 59.2 Å². The molecular weight excluding hydrogens is 416 g/mol. The zero-order chi connectivity index (χ0) is 22.4. The van der Waals surface area contributed by atoms with Gasteiger partial charge in [0.25, 0.3) is 0 Å². The first-order valence-electron chi connectivity index (χ1n) is 10.3. The zero-order valence-electron chi connectivity index (χ0n) is 18.3. The van der Waals surface area contributed by atoms with Crippen molar-refractivity contribution in [1.29, 1.82) is 0 Å². The van der Waals surface area contributed by atoms with Crippen molar-refractivity contribution in [3.63, 3.8) is 0 Å². The van der Waals surface area contributed by atoms with Crippen LogP contribution in [0.1, 0.15) is 29.5 Å². The summed E-state index contributed by atoms with van der Waals surface area (Å²) in [7, 11) is -0.246. The molecular formula is C23H30N2O5S. The van der Waals surface area contributed by atoms with E-state index >= 15 is 0 Å². The van der Waals surface area contributed by atoms with Crippen LogP contribution in [0.5, 0.6) is 11.5 Å². The quantitative estimate of drug-likeness (QED) is 0.674. The van der Waals surface area contributed by atoms with Crippen molar-refractivity contribution in [2.45, 2.75) is 32.1 Å². The number of hydrogen-bond donors (Lipinski definition) is 1. The Labute approximate surface area is 184 Å². The first kappa shape index (κ1) is 23.1. The number of nitrogens with zero attached hydrogens (tertiary/aromatic N) is 1. The Hall–Kier alpha value is -2.58. The summed E-state index contributed by atoms with van der Waals surface area (Å²) in [6.45, 7) is 3.08. The van der Waals surface area contributed by atoms with Crippen LogP contribution in [0.25, 0.3) is 0 Å². The van der Waals surface area contributed by atoms with Gasteiger partial charge in [0.2, 0.25) is 15.9 Å². The highest BCUT2D eigenvalue weighted by Gasteiger charge is 2.31. The molecule has 0 aliphatic carbocycles. The van der Waals surface area contributed by atoms with Crippen LogP contribution in [0.3, 0.4) is 0 Å². The number of aryl methyl sites for hydroxylation is 1. The molecule has 0 atom stereocenters. The summed E-state index contributed by atoms with van der Waals surface area (Å²) < 4.78 is 37.5. The van der Waals surface area contributed by atoms with Crippen molar-refractivity contribution in [2.75, 3.05) is 27.3 Å². The van der Waals surface area contributed by atoms with Gasteiger partial charge in [0, 0.05) is 25.6 Å². The van der Waals surface area contributed by atoms with Crippen LogP contribution >= 0.6 is 0 Å². The molecule has 0 unspecified atom stereocenters. The average Bonchev–Trinajstić information content (AvgIpc) is 2.78. The molecule has 2 aromatic carbocycles. The lowest BCUT2D eigenvalue weighted by Crippen LogP contribution is -2.43. The van der Waals surface area contributed by atoms with Crippen LogP contribution in [0.15, 0.2) is 42.5 Å². The third-order valence-electron chi connectivity index (χ3n) is 5.60. The highest BCUT2D eigenvalue weighted by molar-refractivity contribution is 7.88. The molecule has 0 aromatic heterocycles. The molecule has 168 valence electrons. The molecule has 8 heteroatoms. The fourth-order valence-electron chi connectivity index (χ4n) is 3.71. The molecule has 7 nitrogen and oxygen atoms in total. The van der Waals surface area contributed by atoms with Gasteiger partial charge < -0.3 is 14.8 Å². The number of benzene rings is 2. The van der Waals surface area contributed by atoms with Crippen LogP contribution in [0.4, 0.5) is 0 Å². The summed E-state index contributed by atoms with van der Waals surface area (Å²) in [4.78, 5) is 12.6. The van der Waals surface area contributed by atoms with Crippen molar-refractivity contribution >= 4 is 15.9 Å². The van der Waals surface area contributed by atoms with Gasteiger partial charge in [0.1, 0.15) is 0 Å². The average molecular weight is 447 g/mol. The van der Waals surface area contributed by atoms with E-state index in [2.05, 4.69) is 5.32 Å². The number of carbonyl (C=O) groups excluding carboxylic acids is 1. The van der Waals surface area contributed by atoms with Crippen LogP contribution in [0.2, 0.25) is 0 Å². The second kappa shape index (κ2) is 10.2. The van der Waals surface area contributed by atoms with E-state index in [0.717, 1.165) is 16.7 Å². The van der Waals surface area contributed by atoms with E-state index in [1.807, 2.05) is 43.3 Å². The topological polar surface area (TPSA) is 84.9 Å². The molecule has 1 saturated heterocycles. The van der Waals surface area contributed by atoms with E-state index in [0.29, 0.717) is 44.0 Å². The van der Waals surface area contributed by atoms with E-state index in [1.54, 1.807) is 20.3 Å². The lowest BCUT2D eigenvalue weighted by Gasteiger charge is -2.30. The Kier molecular flexibility index (Phi) is 7.56. The maximum atomic E-state index is 12.7. The summed E-state index contributed by atoms with van der Waals surface area (Å²) in [5.41, 5.74) is 2.78. The normalized spacial score (nSPS) is 15.5. The number of ether oxygens (including phenoxy) is 2. The Balaban J connectivity index is 1.50. The minimum absolute atomic E-state index is 0.0105. The molecule has 0 spiro atoms. The van der Waals surface area contributed by atoms with Gasteiger partial charge in [-0.05, 0) is 43.0 Å². The molecule has 1 N–H and O–H groups in total. The largest absolute Gasteiger partial charge is 0.493 e. The van der Waals surface area contributed by atoms with Crippen LogP contribution < -0.4 is 14.8 Å². The highest BCUT2D eigenvalue weighted by atomic mass is 32.2. The first-order valence-corrected chi connectivity index (χ1v) is 12.0. The van der Waals surface area contributed by atoms with E-state index in [-0.39, 0.29) is 17.6 Å². The lowest BCUT2D eigenvalue weighted by molar-refractivity contribution is -0.126. The number of piperidine rings is 1. The molecule has 31 heavy (non-hydrogen) atoms. The van der Waals surface area contributed by atoms with Gasteiger partial charge in [-0.25, -0.2) is 12.7 Å². The lowest BCUT2D eigenvalue weighted by atomic mass is 9.97. The summed E-state index contributed by atoms with van der Waals surface area (Å²) in [5.74, 6) is 0.998. The van der Waals surface area contributed by atoms with Gasteiger partial charge in [-0.2, -0.15) is 0 Å². The molecule has 2 aromatic rings. The third-order valence-corrected chi connectivity index (χ3v) is 7.45. The van der Waals surface area contributed by atoms with Crippen molar-refractivity contribution < 1.29 is 22.7 Å². The predicted molar refractivity (Wildman–Crippen MR) is 119 cm³/mol. The number of carbonyl (C=O) groups is 1. The van der Waals surface area contributed by atoms with Crippen LogP contribution in [0, 0.1) is 12.8 Å². The maximum Gasteiger partial charge on any atom is 0.223 e. The molecule has 0 saturated carbocycles. The number of sulfonamides is 1. The molecule has 1 amide bonds. The Morgan fingerprint density at radius 3 is 2.23 bits per heavy atom. The second-order valence-corrected chi connectivity index (χ2v) is 9.79.